The Kier molecular flexibility index (Phi) is 4.62. The van der Waals surface area contributed by atoms with E-state index in [1.807, 2.05) is 0 Å². The van der Waals surface area contributed by atoms with E-state index >= 15 is 0 Å². The minimum Gasteiger partial charge on any atom is -0.0557 e. The van der Waals surface area contributed by atoms with Gasteiger partial charge in [0.25, 0.3) is 0 Å². The molecule has 104 valence electrons. The van der Waals surface area contributed by atoms with Gasteiger partial charge in [0, 0.05) is 8.95 Å². The molecule has 0 aromatic heterocycles. The van der Waals surface area contributed by atoms with Gasteiger partial charge in [-0.15, -0.1) is 0 Å². The van der Waals surface area contributed by atoms with E-state index in [9.17, 15) is 0 Å². The molecule has 0 nitrogen and oxygen atoms in total. The summed E-state index contributed by atoms with van der Waals surface area (Å²) in [5.74, 6) is 0. The van der Waals surface area contributed by atoms with Crippen molar-refractivity contribution in [1.29, 1.82) is 0 Å². The summed E-state index contributed by atoms with van der Waals surface area (Å²) in [6.07, 6.45) is 7.07. The average molecular weight is 394 g/mol. The molecule has 0 saturated carbocycles. The Morgan fingerprint density at radius 3 is 1.10 bits per heavy atom. The number of halogens is 2. The molecule has 0 spiro atoms. The molecule has 0 fully saturated rings. The van der Waals surface area contributed by atoms with Gasteiger partial charge in [0.15, 0.2) is 0 Å². The summed E-state index contributed by atoms with van der Waals surface area (Å²) in [5.41, 5.74) is 5.85. The number of hydrogen-bond donors (Lipinski definition) is 0. The Morgan fingerprint density at radius 1 is 0.500 bits per heavy atom. The molecule has 3 rings (SSSR count). The number of benzene rings is 2. The first-order valence-corrected chi connectivity index (χ1v) is 8.84. The summed E-state index contributed by atoms with van der Waals surface area (Å²) >= 11 is 7.29. The van der Waals surface area contributed by atoms with Crippen LogP contribution in [-0.4, -0.2) is 0 Å². The van der Waals surface area contributed by atoms with Crippen LogP contribution in [0.1, 0.15) is 35.1 Å². The third-order valence-corrected chi connectivity index (χ3v) is 4.81. The molecule has 0 aliphatic heterocycles. The van der Waals surface area contributed by atoms with Gasteiger partial charge in [-0.2, -0.15) is 0 Å². The molecule has 0 N–H and O–H groups in total. The summed E-state index contributed by atoms with van der Waals surface area (Å²) in [7, 11) is 0. The normalized spacial score (nSPS) is 15.3. The van der Waals surface area contributed by atoms with Gasteiger partial charge in [-0.3, -0.25) is 0 Å². The van der Waals surface area contributed by atoms with Crippen LogP contribution in [0.5, 0.6) is 0 Å². The third-order valence-electron chi connectivity index (χ3n) is 3.90. The lowest BCUT2D eigenvalue weighted by molar-refractivity contribution is 0.788. The van der Waals surface area contributed by atoms with Gasteiger partial charge in [0.1, 0.15) is 0 Å². The zero-order valence-electron chi connectivity index (χ0n) is 11.5. The summed E-state index contributed by atoms with van der Waals surface area (Å²) in [6.45, 7) is 0. The molecule has 0 atom stereocenters. The molecule has 1 aliphatic carbocycles. The number of rotatable bonds is 0. The van der Waals surface area contributed by atoms with E-state index in [0.717, 1.165) is 25.7 Å². The molecule has 0 saturated heterocycles. The first kappa shape index (κ1) is 14.3. The Balaban J connectivity index is 1.88. The van der Waals surface area contributed by atoms with Crippen LogP contribution in [0.15, 0.2) is 45.3 Å². The van der Waals surface area contributed by atoms with Crippen molar-refractivity contribution < 1.29 is 0 Å². The summed E-state index contributed by atoms with van der Waals surface area (Å²) in [4.78, 5) is 0. The summed E-state index contributed by atoms with van der Waals surface area (Å²) in [5, 5.41) is 0. The lowest BCUT2D eigenvalue weighted by Crippen LogP contribution is -1.98. The SMILES string of the molecule is Brc1cc2cc(c1)CCCc1cc(Br)cc(c1)CCC2. The fourth-order valence-corrected chi connectivity index (χ4v) is 4.18. The van der Waals surface area contributed by atoms with Gasteiger partial charge >= 0.3 is 0 Å². The average Bonchev–Trinajstić information content (AvgIpc) is 2.36. The molecule has 1 aliphatic rings. The van der Waals surface area contributed by atoms with Gasteiger partial charge in [-0.1, -0.05) is 44.0 Å². The van der Waals surface area contributed by atoms with Gasteiger partial charge in [0.2, 0.25) is 0 Å². The van der Waals surface area contributed by atoms with E-state index in [1.54, 1.807) is 0 Å². The lowest BCUT2D eigenvalue weighted by atomic mass is 9.96. The van der Waals surface area contributed by atoms with E-state index in [-0.39, 0.29) is 0 Å². The van der Waals surface area contributed by atoms with Crippen LogP contribution in [0.3, 0.4) is 0 Å². The Labute approximate surface area is 137 Å². The number of aryl methyl sites for hydroxylation is 4. The first-order valence-electron chi connectivity index (χ1n) is 7.26. The van der Waals surface area contributed by atoms with Crippen molar-refractivity contribution >= 4 is 31.9 Å². The molecule has 0 amide bonds. The van der Waals surface area contributed by atoms with Crippen molar-refractivity contribution in [2.24, 2.45) is 0 Å². The van der Waals surface area contributed by atoms with Gasteiger partial charge < -0.3 is 0 Å². The highest BCUT2D eigenvalue weighted by molar-refractivity contribution is 9.10. The van der Waals surface area contributed by atoms with Crippen LogP contribution in [-0.2, 0) is 25.7 Å². The quantitative estimate of drug-likeness (QED) is 0.524. The second-order valence-electron chi connectivity index (χ2n) is 5.64. The highest BCUT2D eigenvalue weighted by Crippen LogP contribution is 2.23. The molecular formula is C18H18Br2. The molecule has 0 radical (unpaired) electrons. The summed E-state index contributed by atoms with van der Waals surface area (Å²) < 4.78 is 2.45. The van der Waals surface area contributed by atoms with Crippen LogP contribution in [0, 0.1) is 0 Å². The van der Waals surface area contributed by atoms with Crippen LogP contribution in [0.4, 0.5) is 0 Å². The first-order chi connectivity index (χ1) is 9.69. The predicted octanol–water partition coefficient (Wildman–Crippen LogP) is 5.88. The molecule has 2 heteroatoms. The van der Waals surface area contributed by atoms with Crippen molar-refractivity contribution in [2.45, 2.75) is 38.5 Å². The lowest BCUT2D eigenvalue weighted by Gasteiger charge is -2.11. The number of hydrogen-bond acceptors (Lipinski definition) is 0. The molecule has 0 heterocycles. The van der Waals surface area contributed by atoms with Crippen LogP contribution in [0.25, 0.3) is 0 Å². The van der Waals surface area contributed by atoms with Crippen molar-refractivity contribution in [3.63, 3.8) is 0 Å². The standard InChI is InChI=1S/C18H18Br2/c19-17-9-13-3-1-4-14-8-16(12-18(20)10-14)6-2-5-15(7-13)11-17/h7-12H,1-6H2. The minimum absolute atomic E-state index is 1.16. The van der Waals surface area contributed by atoms with E-state index in [1.165, 1.54) is 44.0 Å². The van der Waals surface area contributed by atoms with Crippen molar-refractivity contribution in [3.8, 4) is 0 Å². The maximum Gasteiger partial charge on any atom is 0.0180 e. The maximum absolute atomic E-state index is 3.65. The van der Waals surface area contributed by atoms with Gasteiger partial charge in [0.05, 0.1) is 0 Å². The highest BCUT2D eigenvalue weighted by atomic mass is 79.9. The second-order valence-corrected chi connectivity index (χ2v) is 7.47. The molecule has 2 aromatic carbocycles. The van der Waals surface area contributed by atoms with Crippen molar-refractivity contribution in [1.82, 2.24) is 0 Å². The van der Waals surface area contributed by atoms with Crippen LogP contribution in [0.2, 0.25) is 0 Å². The third kappa shape index (κ3) is 3.73. The van der Waals surface area contributed by atoms with Crippen LogP contribution >= 0.6 is 31.9 Å². The van der Waals surface area contributed by atoms with Gasteiger partial charge in [-0.05, 0) is 85.0 Å². The van der Waals surface area contributed by atoms with Crippen molar-refractivity contribution in [2.75, 3.05) is 0 Å². The maximum atomic E-state index is 3.65. The fraction of sp³-hybridized carbons (Fsp3) is 0.333. The van der Waals surface area contributed by atoms with E-state index in [0.29, 0.717) is 0 Å². The zero-order chi connectivity index (χ0) is 13.9. The van der Waals surface area contributed by atoms with Crippen molar-refractivity contribution in [3.05, 3.63) is 67.6 Å². The fourth-order valence-electron chi connectivity index (χ4n) is 3.01. The largest absolute Gasteiger partial charge is 0.0557 e. The second kappa shape index (κ2) is 6.44. The van der Waals surface area contributed by atoms with E-state index < -0.39 is 0 Å². The minimum atomic E-state index is 1.16. The van der Waals surface area contributed by atoms with E-state index in [4.69, 9.17) is 0 Å². The molecule has 0 unspecified atom stereocenters. The Bertz CT molecular complexity index is 517. The smallest absolute Gasteiger partial charge is 0.0180 e. The molecule has 20 heavy (non-hydrogen) atoms. The highest BCUT2D eigenvalue weighted by Gasteiger charge is 2.05. The summed E-state index contributed by atoms with van der Waals surface area (Å²) in [6, 6.07) is 13.8. The zero-order valence-corrected chi connectivity index (χ0v) is 14.6. The monoisotopic (exact) mass is 392 g/mol. The Morgan fingerprint density at radius 2 is 0.800 bits per heavy atom. The molecule has 2 aromatic rings. The molecular weight excluding hydrogens is 376 g/mol. The number of fused-ring (bicyclic) bond motifs is 4. The Hall–Kier alpha value is -0.600. The van der Waals surface area contributed by atoms with E-state index in [2.05, 4.69) is 68.3 Å². The molecule has 4 bridgehead atoms. The topological polar surface area (TPSA) is 0 Å². The van der Waals surface area contributed by atoms with Crippen LogP contribution < -0.4 is 0 Å². The van der Waals surface area contributed by atoms with Gasteiger partial charge in [-0.25, -0.2) is 0 Å². The predicted molar refractivity (Wildman–Crippen MR) is 92.3 cm³/mol.